The third-order valence-corrected chi connectivity index (χ3v) is 4.78. The molecule has 6 heteroatoms. The van der Waals surface area contributed by atoms with E-state index in [0.29, 0.717) is 5.02 Å². The zero-order chi connectivity index (χ0) is 14.1. The number of hydrogen-bond donors (Lipinski definition) is 0. The highest BCUT2D eigenvalue weighted by Gasteiger charge is 2.20. The third-order valence-electron chi connectivity index (χ3n) is 3.49. The van der Waals surface area contributed by atoms with Gasteiger partial charge >= 0.3 is 0 Å². The van der Waals surface area contributed by atoms with E-state index >= 15 is 0 Å². The summed E-state index contributed by atoms with van der Waals surface area (Å²) in [4.78, 5) is 0. The van der Waals surface area contributed by atoms with Crippen LogP contribution < -0.4 is 0 Å². The molecule has 1 aliphatic rings. The molecule has 1 unspecified atom stereocenters. The van der Waals surface area contributed by atoms with Crippen molar-refractivity contribution in [3.63, 3.8) is 0 Å². The Kier molecular flexibility index (Phi) is 4.36. The topological polar surface area (TPSA) is 27.1 Å². The fourth-order valence-electron chi connectivity index (χ4n) is 2.49. The van der Waals surface area contributed by atoms with Gasteiger partial charge in [-0.05, 0) is 47.3 Å². The molecule has 1 aromatic carbocycles. The molecule has 0 amide bonds. The van der Waals surface area contributed by atoms with Gasteiger partial charge in [-0.1, -0.05) is 23.2 Å². The highest BCUT2D eigenvalue weighted by molar-refractivity contribution is 9.10. The predicted octanol–water partition coefficient (Wildman–Crippen LogP) is 5.36. The van der Waals surface area contributed by atoms with Gasteiger partial charge in [0.2, 0.25) is 0 Å². The largest absolute Gasteiger partial charge is 0.356 e. The van der Waals surface area contributed by atoms with Crippen molar-refractivity contribution in [2.24, 2.45) is 0 Å². The molecule has 3 nitrogen and oxygen atoms in total. The lowest BCUT2D eigenvalue weighted by molar-refractivity contribution is -0.0366. The van der Waals surface area contributed by atoms with Crippen molar-refractivity contribution < 1.29 is 4.74 Å². The van der Waals surface area contributed by atoms with Gasteiger partial charge in [0.1, 0.15) is 0 Å². The minimum absolute atomic E-state index is 0.00126. The zero-order valence-corrected chi connectivity index (χ0v) is 13.7. The molecule has 0 saturated carbocycles. The Hall–Kier alpha value is -0.550. The van der Waals surface area contributed by atoms with Crippen LogP contribution in [0.1, 0.15) is 31.1 Å². The van der Waals surface area contributed by atoms with Crippen molar-refractivity contribution in [3.8, 4) is 0 Å². The monoisotopic (exact) mass is 374 g/mol. The van der Waals surface area contributed by atoms with E-state index in [1.54, 1.807) is 6.08 Å². The lowest BCUT2D eigenvalue weighted by atomic mass is 10.1. The molecule has 0 radical (unpaired) electrons. The van der Waals surface area contributed by atoms with Gasteiger partial charge in [0.15, 0.2) is 6.23 Å². The summed E-state index contributed by atoms with van der Waals surface area (Å²) in [7, 11) is 0. The van der Waals surface area contributed by atoms with Crippen LogP contribution in [0.3, 0.4) is 0 Å². The summed E-state index contributed by atoms with van der Waals surface area (Å²) in [6.07, 6.45) is 6.86. The van der Waals surface area contributed by atoms with Crippen LogP contribution in [0.25, 0.3) is 17.0 Å². The highest BCUT2D eigenvalue weighted by Crippen LogP contribution is 2.36. The molecule has 0 spiro atoms. The van der Waals surface area contributed by atoms with Gasteiger partial charge in [0.05, 0.1) is 16.7 Å². The Labute approximate surface area is 135 Å². The molecular formula is C14H13BrCl2N2O. The first-order valence-corrected chi connectivity index (χ1v) is 8.06. The van der Waals surface area contributed by atoms with Gasteiger partial charge in [-0.25, -0.2) is 4.68 Å². The number of aromatic nitrogens is 2. The lowest BCUT2D eigenvalue weighted by Crippen LogP contribution is -2.18. The molecule has 1 fully saturated rings. The fraction of sp³-hybridized carbons (Fsp3) is 0.357. The number of hydrogen-bond acceptors (Lipinski definition) is 2. The molecular weight excluding hydrogens is 363 g/mol. The zero-order valence-electron chi connectivity index (χ0n) is 10.7. The first-order chi connectivity index (χ1) is 9.72. The molecule has 1 atom stereocenters. The van der Waals surface area contributed by atoms with E-state index in [1.807, 2.05) is 16.9 Å². The van der Waals surface area contributed by atoms with Crippen LogP contribution in [0.4, 0.5) is 0 Å². The number of fused-ring (bicyclic) bond motifs is 1. The van der Waals surface area contributed by atoms with Gasteiger partial charge in [0, 0.05) is 27.6 Å². The second kappa shape index (κ2) is 6.06. The number of halogens is 3. The second-order valence-corrected chi connectivity index (χ2v) is 6.17. The van der Waals surface area contributed by atoms with Crippen LogP contribution in [-0.4, -0.2) is 16.4 Å². The maximum absolute atomic E-state index is 6.33. The van der Waals surface area contributed by atoms with Gasteiger partial charge < -0.3 is 4.74 Å². The molecule has 1 aromatic heterocycles. The van der Waals surface area contributed by atoms with Crippen molar-refractivity contribution in [3.05, 3.63) is 32.9 Å². The molecule has 0 bridgehead atoms. The molecule has 2 heterocycles. The molecule has 106 valence electrons. The summed E-state index contributed by atoms with van der Waals surface area (Å²) in [5.74, 6) is 0. The summed E-state index contributed by atoms with van der Waals surface area (Å²) < 4.78 is 8.61. The standard InChI is InChI=1S/C14H13BrCl2N2O/c15-14-9(4-5-16)11(17)7-12-10(14)8-18-19(12)13-3-1-2-6-20-13/h4-5,7-8,13H,1-3,6H2. The summed E-state index contributed by atoms with van der Waals surface area (Å²) >= 11 is 15.6. The summed E-state index contributed by atoms with van der Waals surface area (Å²) in [6.45, 7) is 0.786. The molecule has 0 aliphatic carbocycles. The summed E-state index contributed by atoms with van der Waals surface area (Å²) in [6, 6.07) is 1.92. The summed E-state index contributed by atoms with van der Waals surface area (Å²) in [5, 5.41) is 6.11. The Morgan fingerprint density at radius 2 is 2.30 bits per heavy atom. The van der Waals surface area contributed by atoms with E-state index in [9.17, 15) is 0 Å². The number of nitrogens with zero attached hydrogens (tertiary/aromatic N) is 2. The average Bonchev–Trinajstić information content (AvgIpc) is 2.88. The quantitative estimate of drug-likeness (QED) is 0.706. The maximum Gasteiger partial charge on any atom is 0.150 e. The third kappa shape index (κ3) is 2.50. The van der Waals surface area contributed by atoms with Gasteiger partial charge in [0.25, 0.3) is 0 Å². The predicted molar refractivity (Wildman–Crippen MR) is 86.2 cm³/mol. The van der Waals surface area contributed by atoms with Gasteiger partial charge in [-0.3, -0.25) is 0 Å². The minimum atomic E-state index is -0.00126. The van der Waals surface area contributed by atoms with Crippen LogP contribution in [0.2, 0.25) is 5.02 Å². The van der Waals surface area contributed by atoms with E-state index < -0.39 is 0 Å². The average molecular weight is 376 g/mol. The number of benzene rings is 1. The smallest absolute Gasteiger partial charge is 0.150 e. The van der Waals surface area contributed by atoms with Crippen molar-refractivity contribution >= 4 is 56.1 Å². The first-order valence-electron chi connectivity index (χ1n) is 6.46. The highest BCUT2D eigenvalue weighted by atomic mass is 79.9. The van der Waals surface area contributed by atoms with E-state index in [-0.39, 0.29) is 6.23 Å². The Bertz CT molecular complexity index is 663. The molecule has 20 heavy (non-hydrogen) atoms. The van der Waals surface area contributed by atoms with Crippen molar-refractivity contribution in [1.82, 2.24) is 9.78 Å². The van der Waals surface area contributed by atoms with Crippen LogP contribution >= 0.6 is 39.1 Å². The second-order valence-electron chi connectivity index (χ2n) is 4.72. The first kappa shape index (κ1) is 14.4. The molecule has 3 rings (SSSR count). The van der Waals surface area contributed by atoms with E-state index in [1.165, 1.54) is 5.54 Å². The van der Waals surface area contributed by atoms with Crippen LogP contribution in [0, 0.1) is 0 Å². The van der Waals surface area contributed by atoms with E-state index in [2.05, 4.69) is 21.0 Å². The summed E-state index contributed by atoms with van der Waals surface area (Å²) in [5.41, 5.74) is 3.28. The lowest BCUT2D eigenvalue weighted by Gasteiger charge is -2.23. The minimum Gasteiger partial charge on any atom is -0.356 e. The molecule has 1 aliphatic heterocycles. The van der Waals surface area contributed by atoms with Crippen LogP contribution in [-0.2, 0) is 4.74 Å². The van der Waals surface area contributed by atoms with Crippen molar-refractivity contribution in [2.45, 2.75) is 25.5 Å². The molecule has 1 saturated heterocycles. The van der Waals surface area contributed by atoms with Crippen molar-refractivity contribution in [1.29, 1.82) is 0 Å². The number of rotatable bonds is 2. The fourth-order valence-corrected chi connectivity index (χ4v) is 3.65. The Morgan fingerprint density at radius 3 is 3.00 bits per heavy atom. The van der Waals surface area contributed by atoms with Crippen LogP contribution in [0.15, 0.2) is 22.3 Å². The van der Waals surface area contributed by atoms with Gasteiger partial charge in [-0.2, -0.15) is 5.10 Å². The van der Waals surface area contributed by atoms with Crippen LogP contribution in [0.5, 0.6) is 0 Å². The molecule has 0 N–H and O–H groups in total. The molecule has 2 aromatic rings. The normalized spacial score (nSPS) is 20.1. The Balaban J connectivity index is 2.13. The maximum atomic E-state index is 6.33. The SMILES string of the molecule is ClC=Cc1c(Cl)cc2c(cnn2C2CCCCO2)c1Br. The van der Waals surface area contributed by atoms with Gasteiger partial charge in [-0.15, -0.1) is 0 Å². The number of ether oxygens (including phenoxy) is 1. The van der Waals surface area contributed by atoms with E-state index in [0.717, 1.165) is 46.8 Å². The van der Waals surface area contributed by atoms with Crippen molar-refractivity contribution in [2.75, 3.05) is 6.61 Å². The Morgan fingerprint density at radius 1 is 1.45 bits per heavy atom. The van der Waals surface area contributed by atoms with E-state index in [4.69, 9.17) is 27.9 Å².